The second-order valence-electron chi connectivity index (χ2n) is 4.06. The van der Waals surface area contributed by atoms with Gasteiger partial charge in [0.2, 0.25) is 0 Å². The van der Waals surface area contributed by atoms with Gasteiger partial charge in [-0.1, -0.05) is 11.6 Å². The maximum Gasteiger partial charge on any atom is 0.150 e. The monoisotopic (exact) mass is 312 g/mol. The molecular formula is C13H11ClNO4S-. The highest BCUT2D eigenvalue weighted by Gasteiger charge is 2.09. The minimum absolute atomic E-state index is 0.184. The molecule has 0 aliphatic rings. The van der Waals surface area contributed by atoms with Gasteiger partial charge in [0.15, 0.2) is 0 Å². The summed E-state index contributed by atoms with van der Waals surface area (Å²) in [6, 6.07) is 6.64. The molecule has 0 aliphatic carbocycles. The minimum Gasteiger partial charge on any atom is -0.755 e. The van der Waals surface area contributed by atoms with Crippen molar-refractivity contribution in [2.24, 2.45) is 0 Å². The number of nitrogens with one attached hydrogen (secondary N) is 1. The van der Waals surface area contributed by atoms with Crippen LogP contribution >= 0.6 is 11.6 Å². The lowest BCUT2D eigenvalue weighted by Crippen LogP contribution is -2.05. The Hall–Kier alpha value is -1.63. The minimum atomic E-state index is -2.49. The average Bonchev–Trinajstić information content (AvgIpc) is 2.91. The van der Waals surface area contributed by atoms with Crippen LogP contribution in [-0.4, -0.2) is 15.0 Å². The number of hydrogen-bond donors (Lipinski definition) is 1. The van der Waals surface area contributed by atoms with E-state index in [1.165, 1.54) is 6.07 Å². The summed E-state index contributed by atoms with van der Waals surface area (Å²) in [7, 11) is 0. The molecule has 1 N–H and O–H groups in total. The number of carbonyl (C=O) groups is 1. The standard InChI is InChI=1S/C13H12ClNO4S/c14-12-6-9(3-4-11-2-1-5-19-11)10(8-16)7-13(12)15-20(17)18/h1-2,5-8,15H,3-4H2,(H,17,18)/p-1. The Morgan fingerprint density at radius 3 is 2.80 bits per heavy atom. The van der Waals surface area contributed by atoms with Gasteiger partial charge in [0.1, 0.15) is 12.0 Å². The number of rotatable bonds is 6. The topological polar surface area (TPSA) is 82.4 Å². The number of aryl methyl sites for hydroxylation is 2. The maximum absolute atomic E-state index is 11.1. The maximum atomic E-state index is 11.1. The van der Waals surface area contributed by atoms with Crippen LogP contribution in [0.5, 0.6) is 0 Å². The van der Waals surface area contributed by atoms with Crippen molar-refractivity contribution in [3.8, 4) is 0 Å². The lowest BCUT2D eigenvalue weighted by Gasteiger charge is -2.13. The predicted octanol–water partition coefficient (Wildman–Crippen LogP) is 2.74. The van der Waals surface area contributed by atoms with Gasteiger partial charge in [-0.3, -0.25) is 9.00 Å². The highest BCUT2D eigenvalue weighted by Crippen LogP contribution is 2.27. The number of aldehydes is 1. The van der Waals surface area contributed by atoms with Crippen molar-refractivity contribution in [2.45, 2.75) is 12.8 Å². The van der Waals surface area contributed by atoms with Gasteiger partial charge >= 0.3 is 0 Å². The fourth-order valence-corrected chi connectivity index (χ4v) is 2.48. The molecular weight excluding hydrogens is 302 g/mol. The number of furan rings is 1. The zero-order valence-electron chi connectivity index (χ0n) is 10.3. The Bertz CT molecular complexity index is 628. The average molecular weight is 313 g/mol. The van der Waals surface area contributed by atoms with Crippen LogP contribution in [0.2, 0.25) is 5.02 Å². The second kappa shape index (κ2) is 6.69. The fourth-order valence-electron chi connectivity index (χ4n) is 1.84. The Balaban J connectivity index is 2.21. The van der Waals surface area contributed by atoms with E-state index in [9.17, 15) is 13.6 Å². The molecule has 2 aromatic rings. The highest BCUT2D eigenvalue weighted by atomic mass is 35.5. The third-order valence-electron chi connectivity index (χ3n) is 2.77. The van der Waals surface area contributed by atoms with Crippen LogP contribution in [-0.2, 0) is 24.1 Å². The molecule has 0 saturated carbocycles. The lowest BCUT2D eigenvalue weighted by atomic mass is 10.0. The van der Waals surface area contributed by atoms with Crippen LogP contribution in [0.3, 0.4) is 0 Å². The van der Waals surface area contributed by atoms with Crippen LogP contribution in [0.1, 0.15) is 21.7 Å². The molecule has 0 amide bonds. The van der Waals surface area contributed by atoms with E-state index in [2.05, 4.69) is 4.72 Å². The first-order valence-electron chi connectivity index (χ1n) is 5.76. The molecule has 1 heterocycles. The number of hydrogen-bond acceptors (Lipinski definition) is 4. The summed E-state index contributed by atoms with van der Waals surface area (Å²) in [5.74, 6) is 0.806. The zero-order valence-corrected chi connectivity index (χ0v) is 11.9. The van der Waals surface area contributed by atoms with Gasteiger partial charge in [0.25, 0.3) is 0 Å². The molecule has 1 aromatic heterocycles. The lowest BCUT2D eigenvalue weighted by molar-refractivity contribution is 0.112. The predicted molar refractivity (Wildman–Crippen MR) is 75.5 cm³/mol. The van der Waals surface area contributed by atoms with E-state index < -0.39 is 11.3 Å². The van der Waals surface area contributed by atoms with Crippen molar-refractivity contribution < 1.29 is 18.0 Å². The first-order valence-corrected chi connectivity index (χ1v) is 7.21. The SMILES string of the molecule is O=Cc1cc(NS(=O)[O-])c(Cl)cc1CCc1ccco1. The van der Waals surface area contributed by atoms with Crippen molar-refractivity contribution in [2.75, 3.05) is 4.72 Å². The molecule has 0 saturated heterocycles. The van der Waals surface area contributed by atoms with E-state index in [1.807, 2.05) is 6.07 Å². The third-order valence-corrected chi connectivity index (χ3v) is 3.47. The zero-order chi connectivity index (χ0) is 14.5. The quantitative estimate of drug-likeness (QED) is 0.656. The first kappa shape index (κ1) is 14.8. The Morgan fingerprint density at radius 2 is 2.20 bits per heavy atom. The summed E-state index contributed by atoms with van der Waals surface area (Å²) >= 11 is 3.50. The van der Waals surface area contributed by atoms with Gasteiger partial charge < -0.3 is 13.7 Å². The van der Waals surface area contributed by atoms with Crippen molar-refractivity contribution in [1.82, 2.24) is 0 Å². The van der Waals surface area contributed by atoms with E-state index in [0.29, 0.717) is 24.7 Å². The molecule has 1 aromatic carbocycles. The molecule has 2 rings (SSSR count). The number of anilines is 1. The van der Waals surface area contributed by atoms with Crippen molar-refractivity contribution in [3.63, 3.8) is 0 Å². The number of benzene rings is 1. The molecule has 0 aliphatic heterocycles. The molecule has 0 spiro atoms. The van der Waals surface area contributed by atoms with Gasteiger partial charge in [-0.05, 0) is 36.2 Å². The molecule has 0 fully saturated rings. The largest absolute Gasteiger partial charge is 0.755 e. The molecule has 106 valence electrons. The smallest absolute Gasteiger partial charge is 0.150 e. The summed E-state index contributed by atoms with van der Waals surface area (Å²) in [5.41, 5.74) is 1.32. The van der Waals surface area contributed by atoms with E-state index in [4.69, 9.17) is 16.0 Å². The van der Waals surface area contributed by atoms with Crippen molar-refractivity contribution in [3.05, 3.63) is 52.4 Å². The van der Waals surface area contributed by atoms with Crippen molar-refractivity contribution >= 4 is 34.8 Å². The Morgan fingerprint density at radius 1 is 1.40 bits per heavy atom. The Kier molecular flexibility index (Phi) is 4.94. The van der Waals surface area contributed by atoms with Crippen LogP contribution < -0.4 is 4.72 Å². The summed E-state index contributed by atoms with van der Waals surface area (Å²) in [5, 5.41) is 0.245. The van der Waals surface area contributed by atoms with Gasteiger partial charge in [0.05, 0.1) is 17.0 Å². The van der Waals surface area contributed by atoms with E-state index in [1.54, 1.807) is 18.4 Å². The normalized spacial score (nSPS) is 12.1. The van der Waals surface area contributed by atoms with E-state index in [0.717, 1.165) is 11.3 Å². The summed E-state index contributed by atoms with van der Waals surface area (Å²) in [4.78, 5) is 11.1. The van der Waals surface area contributed by atoms with E-state index in [-0.39, 0.29) is 10.7 Å². The summed E-state index contributed by atoms with van der Waals surface area (Å²) in [6.45, 7) is 0. The molecule has 7 heteroatoms. The van der Waals surface area contributed by atoms with Crippen LogP contribution in [0.25, 0.3) is 0 Å². The first-order chi connectivity index (χ1) is 9.60. The molecule has 1 unspecified atom stereocenters. The van der Waals surface area contributed by atoms with Gasteiger partial charge in [-0.15, -0.1) is 0 Å². The summed E-state index contributed by atoms with van der Waals surface area (Å²) in [6.07, 6.45) is 3.46. The molecule has 5 nitrogen and oxygen atoms in total. The van der Waals surface area contributed by atoms with Gasteiger partial charge in [-0.2, -0.15) is 0 Å². The van der Waals surface area contributed by atoms with Crippen LogP contribution in [0.15, 0.2) is 34.9 Å². The fraction of sp³-hybridized carbons (Fsp3) is 0.154. The highest BCUT2D eigenvalue weighted by molar-refractivity contribution is 7.80. The van der Waals surface area contributed by atoms with Gasteiger partial charge in [-0.25, -0.2) is 0 Å². The third kappa shape index (κ3) is 3.69. The van der Waals surface area contributed by atoms with Crippen LogP contribution in [0, 0.1) is 0 Å². The van der Waals surface area contributed by atoms with Crippen molar-refractivity contribution in [1.29, 1.82) is 0 Å². The van der Waals surface area contributed by atoms with Crippen LogP contribution in [0.4, 0.5) is 5.69 Å². The molecule has 1 atom stereocenters. The molecule has 20 heavy (non-hydrogen) atoms. The number of halogens is 1. The molecule has 0 radical (unpaired) electrons. The second-order valence-corrected chi connectivity index (χ2v) is 5.15. The Labute approximate surface area is 123 Å². The number of carbonyl (C=O) groups excluding carboxylic acids is 1. The van der Waals surface area contributed by atoms with E-state index >= 15 is 0 Å². The summed E-state index contributed by atoms with van der Waals surface area (Å²) < 4.78 is 28.6. The molecule has 0 bridgehead atoms. The van der Waals surface area contributed by atoms with Gasteiger partial charge in [0, 0.05) is 23.3 Å².